The summed E-state index contributed by atoms with van der Waals surface area (Å²) in [6.45, 7) is 3.27. The first-order valence-corrected chi connectivity index (χ1v) is 4.39. The quantitative estimate of drug-likeness (QED) is 0.552. The maximum atomic E-state index is 4.30. The lowest BCUT2D eigenvalue weighted by molar-refractivity contribution is 0.619. The van der Waals surface area contributed by atoms with E-state index < -0.39 is 0 Å². The van der Waals surface area contributed by atoms with E-state index in [2.05, 4.69) is 16.5 Å². The Morgan fingerprint density at radius 1 is 1.36 bits per heavy atom. The van der Waals surface area contributed by atoms with Crippen molar-refractivity contribution < 1.29 is 0 Å². The Balaban J connectivity index is 2.35. The fraction of sp³-hybridized carbons (Fsp3) is 0.667. The summed E-state index contributed by atoms with van der Waals surface area (Å²) in [5.74, 6) is 1.18. The van der Waals surface area contributed by atoms with Crippen LogP contribution in [0.2, 0.25) is 0 Å². The average Bonchev–Trinajstić information content (AvgIpc) is 2.25. The molecule has 0 spiro atoms. The molecular formula is C9H14N2. The molecule has 1 aromatic rings. The van der Waals surface area contributed by atoms with Gasteiger partial charge in [0, 0.05) is 18.4 Å². The van der Waals surface area contributed by atoms with Gasteiger partial charge in [0.1, 0.15) is 5.82 Å². The molecule has 0 aromatic carbocycles. The van der Waals surface area contributed by atoms with Crippen LogP contribution in [0.15, 0.2) is 6.20 Å². The van der Waals surface area contributed by atoms with E-state index in [0.717, 1.165) is 0 Å². The maximum absolute atomic E-state index is 4.30. The molecule has 0 unspecified atom stereocenters. The zero-order valence-corrected chi connectivity index (χ0v) is 7.01. The van der Waals surface area contributed by atoms with Crippen LogP contribution in [0.3, 0.4) is 0 Å². The van der Waals surface area contributed by atoms with Crippen LogP contribution in [0.5, 0.6) is 0 Å². The van der Waals surface area contributed by atoms with Crippen molar-refractivity contribution in [3.8, 4) is 0 Å². The molecule has 60 valence electrons. The smallest absolute Gasteiger partial charge is 0.105 e. The highest BCUT2D eigenvalue weighted by atomic mass is 15.1. The second-order valence-corrected chi connectivity index (χ2v) is 3.26. The normalized spacial score (nSPS) is 17.5. The van der Waals surface area contributed by atoms with Crippen LogP contribution in [0.1, 0.15) is 30.8 Å². The molecule has 0 fully saturated rings. The minimum Gasteiger partial charge on any atom is -0.332 e. The minimum absolute atomic E-state index is 1.18. The zero-order chi connectivity index (χ0) is 7.68. The molecule has 1 aromatic heterocycles. The molecule has 0 radical (unpaired) electrons. The fourth-order valence-electron chi connectivity index (χ4n) is 1.77. The average molecular weight is 150 g/mol. The lowest BCUT2D eigenvalue weighted by atomic mass is 10.2. The van der Waals surface area contributed by atoms with Crippen molar-refractivity contribution in [3.05, 3.63) is 17.7 Å². The summed E-state index contributed by atoms with van der Waals surface area (Å²) in [4.78, 5) is 4.30. The molecule has 1 aliphatic heterocycles. The SMILES string of the molecule is Cc1ncc2n1CCCCC2. The van der Waals surface area contributed by atoms with E-state index in [9.17, 15) is 0 Å². The predicted octanol–water partition coefficient (Wildman–Crippen LogP) is 1.92. The van der Waals surface area contributed by atoms with E-state index in [1.54, 1.807) is 0 Å². The van der Waals surface area contributed by atoms with Crippen molar-refractivity contribution in [3.63, 3.8) is 0 Å². The van der Waals surface area contributed by atoms with Crippen molar-refractivity contribution in [1.82, 2.24) is 9.55 Å². The molecule has 1 aliphatic rings. The molecule has 2 heterocycles. The highest BCUT2D eigenvalue weighted by Gasteiger charge is 2.08. The third-order valence-electron chi connectivity index (χ3n) is 2.45. The molecule has 0 saturated carbocycles. The van der Waals surface area contributed by atoms with Gasteiger partial charge in [0.2, 0.25) is 0 Å². The van der Waals surface area contributed by atoms with Gasteiger partial charge in [0.25, 0.3) is 0 Å². The molecule has 2 heteroatoms. The molecule has 2 rings (SSSR count). The number of aryl methyl sites for hydroxylation is 2. The maximum Gasteiger partial charge on any atom is 0.105 e. The van der Waals surface area contributed by atoms with Gasteiger partial charge in [0.15, 0.2) is 0 Å². The number of imidazole rings is 1. The van der Waals surface area contributed by atoms with E-state index in [-0.39, 0.29) is 0 Å². The van der Waals surface area contributed by atoms with Crippen LogP contribution in [0.4, 0.5) is 0 Å². The van der Waals surface area contributed by atoms with Crippen molar-refractivity contribution in [1.29, 1.82) is 0 Å². The first-order chi connectivity index (χ1) is 5.38. The second kappa shape index (κ2) is 2.68. The number of hydrogen-bond acceptors (Lipinski definition) is 1. The standard InChI is InChI=1S/C9H14N2/c1-8-10-7-9-5-3-2-4-6-11(8)9/h7H,2-6H2,1H3. The Hall–Kier alpha value is -0.790. The largest absolute Gasteiger partial charge is 0.332 e. The molecule has 0 N–H and O–H groups in total. The van der Waals surface area contributed by atoms with Gasteiger partial charge in [-0.1, -0.05) is 6.42 Å². The summed E-state index contributed by atoms with van der Waals surface area (Å²) in [7, 11) is 0. The number of rotatable bonds is 0. The summed E-state index contributed by atoms with van der Waals surface area (Å²) in [5, 5.41) is 0. The summed E-state index contributed by atoms with van der Waals surface area (Å²) in [6, 6.07) is 0. The first kappa shape index (κ1) is 6.89. The third-order valence-corrected chi connectivity index (χ3v) is 2.45. The molecule has 0 saturated heterocycles. The molecule has 0 amide bonds. The summed E-state index contributed by atoms with van der Waals surface area (Å²) in [5.41, 5.74) is 1.43. The van der Waals surface area contributed by atoms with Crippen molar-refractivity contribution in [2.75, 3.05) is 0 Å². The van der Waals surface area contributed by atoms with Crippen LogP contribution in [-0.4, -0.2) is 9.55 Å². The summed E-state index contributed by atoms with van der Waals surface area (Å²) in [6.07, 6.45) is 7.29. The second-order valence-electron chi connectivity index (χ2n) is 3.26. The molecule has 0 atom stereocenters. The van der Waals surface area contributed by atoms with Gasteiger partial charge in [-0.25, -0.2) is 4.98 Å². The molecular weight excluding hydrogens is 136 g/mol. The van der Waals surface area contributed by atoms with Crippen LogP contribution < -0.4 is 0 Å². The van der Waals surface area contributed by atoms with Gasteiger partial charge >= 0.3 is 0 Å². The fourth-order valence-corrected chi connectivity index (χ4v) is 1.77. The highest BCUT2D eigenvalue weighted by Crippen LogP contribution is 2.15. The van der Waals surface area contributed by atoms with Crippen molar-refractivity contribution in [2.45, 2.75) is 39.2 Å². The van der Waals surface area contributed by atoms with Gasteiger partial charge in [-0.3, -0.25) is 0 Å². The highest BCUT2D eigenvalue weighted by molar-refractivity contribution is 5.05. The Morgan fingerprint density at radius 2 is 2.27 bits per heavy atom. The Labute approximate surface area is 67.3 Å². The van der Waals surface area contributed by atoms with E-state index in [0.29, 0.717) is 0 Å². The molecule has 0 aliphatic carbocycles. The molecule has 11 heavy (non-hydrogen) atoms. The van der Waals surface area contributed by atoms with Gasteiger partial charge in [0.05, 0.1) is 0 Å². The molecule has 2 nitrogen and oxygen atoms in total. The Morgan fingerprint density at radius 3 is 3.18 bits per heavy atom. The number of nitrogens with zero attached hydrogens (tertiary/aromatic N) is 2. The van der Waals surface area contributed by atoms with E-state index in [4.69, 9.17) is 0 Å². The van der Waals surface area contributed by atoms with Gasteiger partial charge in [-0.2, -0.15) is 0 Å². The third kappa shape index (κ3) is 1.17. The van der Waals surface area contributed by atoms with Gasteiger partial charge in [-0.05, 0) is 26.2 Å². The molecule has 0 bridgehead atoms. The zero-order valence-electron chi connectivity index (χ0n) is 7.01. The number of aromatic nitrogens is 2. The van der Waals surface area contributed by atoms with Crippen molar-refractivity contribution in [2.24, 2.45) is 0 Å². The number of fused-ring (bicyclic) bond motifs is 1. The Kier molecular flexibility index (Phi) is 1.68. The Bertz CT molecular complexity index is 250. The van der Waals surface area contributed by atoms with Crippen molar-refractivity contribution >= 4 is 0 Å². The summed E-state index contributed by atoms with van der Waals surface area (Å²) >= 11 is 0. The number of hydrogen-bond donors (Lipinski definition) is 0. The van der Waals surface area contributed by atoms with Crippen LogP contribution in [0, 0.1) is 6.92 Å². The lowest BCUT2D eigenvalue weighted by Crippen LogP contribution is -2.01. The van der Waals surface area contributed by atoms with Gasteiger partial charge in [-0.15, -0.1) is 0 Å². The summed E-state index contributed by atoms with van der Waals surface area (Å²) < 4.78 is 2.35. The minimum atomic E-state index is 1.18. The lowest BCUT2D eigenvalue weighted by Gasteiger charge is -2.03. The van der Waals surface area contributed by atoms with Crippen LogP contribution in [0.25, 0.3) is 0 Å². The first-order valence-electron chi connectivity index (χ1n) is 4.39. The monoisotopic (exact) mass is 150 g/mol. The van der Waals surface area contributed by atoms with Crippen LogP contribution in [-0.2, 0) is 13.0 Å². The van der Waals surface area contributed by atoms with E-state index in [1.165, 1.54) is 43.7 Å². The van der Waals surface area contributed by atoms with E-state index >= 15 is 0 Å². The topological polar surface area (TPSA) is 17.8 Å². The predicted molar refractivity (Wildman–Crippen MR) is 44.5 cm³/mol. The van der Waals surface area contributed by atoms with Crippen LogP contribution >= 0.6 is 0 Å². The van der Waals surface area contributed by atoms with E-state index in [1.807, 2.05) is 6.20 Å². The van der Waals surface area contributed by atoms with Gasteiger partial charge < -0.3 is 4.57 Å².